The average Bonchev–Trinajstić information content (AvgIpc) is 3.01. The number of carbonyl (C=O) groups excluding carboxylic acids is 2. The van der Waals surface area contributed by atoms with Gasteiger partial charge in [0.2, 0.25) is 0 Å². The zero-order chi connectivity index (χ0) is 30.7. The Morgan fingerprint density at radius 1 is 0.500 bits per heavy atom. The predicted molar refractivity (Wildman–Crippen MR) is 149 cm³/mol. The minimum Gasteiger partial charge on any atom is -0.490 e. The van der Waals surface area contributed by atoms with Crippen LogP contribution in [0.4, 0.5) is 0 Å². The normalized spacial score (nSPS) is 11.0. The van der Waals surface area contributed by atoms with E-state index in [4.69, 9.17) is 59.1 Å². The Morgan fingerprint density at radius 3 is 1.02 bits per heavy atom. The summed E-state index contributed by atoms with van der Waals surface area (Å²) in [5, 5.41) is 0. The Hall–Kier alpha value is -2.64. The van der Waals surface area contributed by atoms with E-state index in [-0.39, 0.29) is 49.1 Å². The molecule has 0 spiro atoms. The first-order valence-corrected chi connectivity index (χ1v) is 13.5. The Kier molecular flexibility index (Phi) is 23.2. The molecule has 0 aliphatic heterocycles. The topological polar surface area (TPSA) is 203 Å². The minimum absolute atomic E-state index is 0.0555. The molecular formula is C26H46N4O12. The molecule has 0 saturated heterocycles. The monoisotopic (exact) mass is 606 g/mol. The first-order valence-electron chi connectivity index (χ1n) is 13.5. The molecule has 2 amide bonds. The molecule has 0 aliphatic carbocycles. The van der Waals surface area contributed by atoms with E-state index in [2.05, 4.69) is 10.9 Å². The Labute approximate surface area is 246 Å². The SMILES string of the molecule is COCCOCCOCCOCCOc1cc(C(=O)NN)c(OCCOCCOCCOCCOC)cc1C(=O)NN. The zero-order valence-electron chi connectivity index (χ0n) is 24.5. The van der Waals surface area contributed by atoms with Gasteiger partial charge in [-0.25, -0.2) is 11.7 Å². The molecule has 0 bridgehead atoms. The molecule has 0 aromatic heterocycles. The number of hydrogen-bond donors (Lipinski definition) is 4. The van der Waals surface area contributed by atoms with Gasteiger partial charge in [-0.2, -0.15) is 0 Å². The second kappa shape index (κ2) is 26.0. The van der Waals surface area contributed by atoms with E-state index < -0.39 is 11.8 Å². The zero-order valence-corrected chi connectivity index (χ0v) is 24.5. The van der Waals surface area contributed by atoms with Gasteiger partial charge in [0.25, 0.3) is 11.8 Å². The van der Waals surface area contributed by atoms with Crippen molar-refractivity contribution in [1.82, 2.24) is 10.9 Å². The van der Waals surface area contributed by atoms with E-state index >= 15 is 0 Å². The second-order valence-electron chi connectivity index (χ2n) is 8.15. The maximum absolute atomic E-state index is 12.4. The molecule has 0 aliphatic rings. The predicted octanol–water partition coefficient (Wildman–Crippen LogP) is -0.956. The fraction of sp³-hybridized carbons (Fsp3) is 0.692. The number of carbonyl (C=O) groups is 2. The number of nitrogen functional groups attached to an aromatic ring is 2. The second-order valence-corrected chi connectivity index (χ2v) is 8.15. The van der Waals surface area contributed by atoms with Crippen LogP contribution in [0.25, 0.3) is 0 Å². The number of hydrazine groups is 2. The summed E-state index contributed by atoms with van der Waals surface area (Å²) >= 11 is 0. The third-order valence-corrected chi connectivity index (χ3v) is 5.16. The smallest absolute Gasteiger partial charge is 0.269 e. The number of hydrogen-bond acceptors (Lipinski definition) is 14. The lowest BCUT2D eigenvalue weighted by Crippen LogP contribution is -2.32. The highest BCUT2D eigenvalue weighted by atomic mass is 16.6. The van der Waals surface area contributed by atoms with Crippen LogP contribution in [0.2, 0.25) is 0 Å². The van der Waals surface area contributed by atoms with Crippen molar-refractivity contribution in [2.45, 2.75) is 0 Å². The van der Waals surface area contributed by atoms with Crippen molar-refractivity contribution in [2.24, 2.45) is 11.7 Å². The van der Waals surface area contributed by atoms with Gasteiger partial charge in [-0.3, -0.25) is 20.4 Å². The fourth-order valence-electron chi connectivity index (χ4n) is 3.10. The molecule has 1 aromatic rings. The number of ether oxygens (including phenoxy) is 10. The van der Waals surface area contributed by atoms with Gasteiger partial charge in [0, 0.05) is 14.2 Å². The summed E-state index contributed by atoms with van der Waals surface area (Å²) in [5.74, 6) is 9.59. The highest BCUT2D eigenvalue weighted by Crippen LogP contribution is 2.29. The molecule has 0 radical (unpaired) electrons. The number of benzene rings is 1. The molecule has 6 N–H and O–H groups in total. The van der Waals surface area contributed by atoms with E-state index in [0.717, 1.165) is 0 Å². The van der Waals surface area contributed by atoms with Crippen molar-refractivity contribution >= 4 is 11.8 Å². The number of methoxy groups -OCH3 is 2. The maximum Gasteiger partial charge on any atom is 0.269 e. The van der Waals surface area contributed by atoms with Gasteiger partial charge in [0.15, 0.2) is 0 Å². The quantitative estimate of drug-likeness (QED) is 0.0393. The first kappa shape index (κ1) is 37.4. The molecule has 1 aromatic carbocycles. The Bertz CT molecular complexity index is 782. The first-order chi connectivity index (χ1) is 20.6. The number of rotatable bonds is 28. The largest absolute Gasteiger partial charge is 0.490 e. The van der Waals surface area contributed by atoms with Crippen LogP contribution in [0.5, 0.6) is 11.5 Å². The summed E-state index contributed by atoms with van der Waals surface area (Å²) < 4.78 is 53.6. The van der Waals surface area contributed by atoms with Crippen LogP contribution < -0.4 is 32.0 Å². The lowest BCUT2D eigenvalue weighted by Gasteiger charge is -2.16. The van der Waals surface area contributed by atoms with Gasteiger partial charge in [-0.15, -0.1) is 0 Å². The lowest BCUT2D eigenvalue weighted by atomic mass is 10.1. The fourth-order valence-corrected chi connectivity index (χ4v) is 3.10. The summed E-state index contributed by atoms with van der Waals surface area (Å²) in [6.07, 6.45) is 0. The van der Waals surface area contributed by atoms with Crippen LogP contribution in [0.15, 0.2) is 12.1 Å². The van der Waals surface area contributed by atoms with Gasteiger partial charge in [-0.05, 0) is 12.1 Å². The molecule has 42 heavy (non-hydrogen) atoms. The maximum atomic E-state index is 12.4. The van der Waals surface area contributed by atoms with E-state index in [1.165, 1.54) is 12.1 Å². The summed E-state index contributed by atoms with van der Waals surface area (Å²) in [6, 6.07) is 2.69. The van der Waals surface area contributed by atoms with E-state index in [1.54, 1.807) is 14.2 Å². The third-order valence-electron chi connectivity index (χ3n) is 5.16. The highest BCUT2D eigenvalue weighted by Gasteiger charge is 2.21. The van der Waals surface area contributed by atoms with Gasteiger partial charge in [-0.1, -0.05) is 0 Å². The summed E-state index contributed by atoms with van der Waals surface area (Å²) in [7, 11) is 3.22. The van der Waals surface area contributed by atoms with E-state index in [0.29, 0.717) is 79.3 Å². The molecule has 0 heterocycles. The number of nitrogens with two attached hydrogens (primary N) is 2. The van der Waals surface area contributed by atoms with Crippen LogP contribution in [-0.2, 0) is 37.9 Å². The van der Waals surface area contributed by atoms with Gasteiger partial charge >= 0.3 is 0 Å². The van der Waals surface area contributed by atoms with Crippen LogP contribution in [0, 0.1) is 0 Å². The molecule has 1 rings (SSSR count). The number of amides is 2. The highest BCUT2D eigenvalue weighted by molar-refractivity contribution is 6.02. The third kappa shape index (κ3) is 17.3. The van der Waals surface area contributed by atoms with Gasteiger partial charge < -0.3 is 47.4 Å². The van der Waals surface area contributed by atoms with Crippen molar-refractivity contribution in [3.8, 4) is 11.5 Å². The Balaban J connectivity index is 2.49. The van der Waals surface area contributed by atoms with Crippen molar-refractivity contribution in [3.63, 3.8) is 0 Å². The Morgan fingerprint density at radius 2 is 0.762 bits per heavy atom. The van der Waals surface area contributed by atoms with Gasteiger partial charge in [0.05, 0.1) is 104 Å². The molecule has 16 heteroatoms. The standard InChI is InChI=1S/C26H46N4O12/c1-33-3-5-35-7-9-37-11-13-39-15-17-41-23-19-22(26(32)30-28)24(20-21(23)25(31)29-27)42-18-16-40-14-12-38-10-8-36-6-4-34-2/h19-20H,3-18,27-28H2,1-2H3,(H,29,31)(H,30,32). The van der Waals surface area contributed by atoms with Crippen molar-refractivity contribution in [3.05, 3.63) is 23.3 Å². The number of nitrogens with one attached hydrogen (secondary N) is 2. The van der Waals surface area contributed by atoms with Crippen LogP contribution in [0.3, 0.4) is 0 Å². The van der Waals surface area contributed by atoms with E-state index in [9.17, 15) is 9.59 Å². The molecule has 16 nitrogen and oxygen atoms in total. The molecule has 0 saturated carbocycles. The molecule has 0 unspecified atom stereocenters. The van der Waals surface area contributed by atoms with Crippen LogP contribution >= 0.6 is 0 Å². The van der Waals surface area contributed by atoms with Gasteiger partial charge in [0.1, 0.15) is 24.7 Å². The average molecular weight is 607 g/mol. The molecule has 0 atom stereocenters. The lowest BCUT2D eigenvalue weighted by molar-refractivity contribution is -0.00000989. The molecule has 242 valence electrons. The van der Waals surface area contributed by atoms with E-state index in [1.807, 2.05) is 0 Å². The minimum atomic E-state index is -0.642. The molecule has 0 fully saturated rings. The van der Waals surface area contributed by atoms with Crippen molar-refractivity contribution < 1.29 is 57.0 Å². The summed E-state index contributed by atoms with van der Waals surface area (Å²) in [4.78, 5) is 24.8. The van der Waals surface area contributed by atoms with Crippen molar-refractivity contribution in [1.29, 1.82) is 0 Å². The summed E-state index contributed by atoms with van der Waals surface area (Å²) in [6.45, 7) is 5.90. The molecular weight excluding hydrogens is 560 g/mol. The van der Waals surface area contributed by atoms with Crippen molar-refractivity contribution in [2.75, 3.05) is 120 Å². The summed E-state index contributed by atoms with van der Waals surface area (Å²) in [5.41, 5.74) is 4.22. The van der Waals surface area contributed by atoms with Crippen LogP contribution in [0.1, 0.15) is 20.7 Å². The van der Waals surface area contributed by atoms with Crippen LogP contribution in [-0.4, -0.2) is 132 Å².